The maximum Gasteiger partial charge on any atom is 0.345 e. The van der Waals surface area contributed by atoms with Crippen LogP contribution in [-0.2, 0) is 33.3 Å². The van der Waals surface area contributed by atoms with E-state index in [0.29, 0.717) is 6.61 Å². The second kappa shape index (κ2) is 7.86. The van der Waals surface area contributed by atoms with Crippen molar-refractivity contribution >= 4 is 20.3 Å². The van der Waals surface area contributed by atoms with Gasteiger partial charge < -0.3 is 33.9 Å². The van der Waals surface area contributed by atoms with E-state index in [9.17, 15) is 19.8 Å². The molecule has 2 saturated heterocycles. The first-order valence-corrected chi connectivity index (χ1v) is 12.7. The number of hydrogen-bond acceptors (Lipinski definition) is 9. The van der Waals surface area contributed by atoms with E-state index in [1.807, 2.05) is 0 Å². The van der Waals surface area contributed by atoms with Crippen LogP contribution in [0.3, 0.4) is 0 Å². The molecule has 2 N–H and O–H groups in total. The van der Waals surface area contributed by atoms with Crippen molar-refractivity contribution in [1.29, 1.82) is 0 Å². The van der Waals surface area contributed by atoms with E-state index in [1.165, 1.54) is 0 Å². The van der Waals surface area contributed by atoms with Gasteiger partial charge in [-0.25, -0.2) is 4.79 Å². The number of hydrogen-bond donors (Lipinski definition) is 2. The Morgan fingerprint density at radius 2 is 1.89 bits per heavy atom. The Labute approximate surface area is 159 Å². The lowest BCUT2D eigenvalue weighted by Crippen LogP contribution is -2.66. The zero-order chi connectivity index (χ0) is 20.5. The molecule has 4 atom stereocenters. The SMILES string of the molecule is CC1(C)O[C@H](COCOCC[Si](C)(C)C)[C@]2(O1)C(=O)O[C@H](CO)[C@@]2(O)C=O. The van der Waals surface area contributed by atoms with Gasteiger partial charge in [0.25, 0.3) is 0 Å². The number of carbonyl (C=O) groups excluding carboxylic acids is 2. The predicted molar refractivity (Wildman–Crippen MR) is 95.7 cm³/mol. The predicted octanol–water partition coefficient (Wildman–Crippen LogP) is 0.0533. The lowest BCUT2D eigenvalue weighted by molar-refractivity contribution is -0.202. The molecule has 0 amide bonds. The number of aldehydes is 1. The molecule has 0 aromatic heterocycles. The van der Waals surface area contributed by atoms with Gasteiger partial charge in [-0.15, -0.1) is 0 Å². The Morgan fingerprint density at radius 3 is 2.44 bits per heavy atom. The fraction of sp³-hybridized carbons (Fsp3) is 0.882. The van der Waals surface area contributed by atoms with E-state index in [4.69, 9.17) is 23.7 Å². The molecular formula is C17H30O9Si. The number of esters is 1. The summed E-state index contributed by atoms with van der Waals surface area (Å²) < 4.78 is 27.3. The first-order valence-electron chi connectivity index (χ1n) is 8.96. The molecule has 0 aromatic rings. The molecule has 0 radical (unpaired) electrons. The molecule has 0 aromatic carbocycles. The number of ether oxygens (including phenoxy) is 5. The molecule has 156 valence electrons. The number of carbonyl (C=O) groups is 2. The molecule has 0 aliphatic carbocycles. The maximum absolute atomic E-state index is 12.5. The second-order valence-corrected chi connectivity index (χ2v) is 14.2. The summed E-state index contributed by atoms with van der Waals surface area (Å²) >= 11 is 0. The minimum Gasteiger partial charge on any atom is -0.454 e. The van der Waals surface area contributed by atoms with E-state index < -0.39 is 49.8 Å². The Bertz CT molecular complexity index is 561. The first kappa shape index (κ1) is 22.4. The number of aliphatic hydroxyl groups is 2. The average Bonchev–Trinajstić information content (AvgIpc) is 2.96. The van der Waals surface area contributed by atoms with E-state index in [2.05, 4.69) is 19.6 Å². The van der Waals surface area contributed by atoms with Crippen molar-refractivity contribution in [2.75, 3.05) is 26.6 Å². The van der Waals surface area contributed by atoms with Crippen LogP contribution in [0.1, 0.15) is 13.8 Å². The fourth-order valence-electron chi connectivity index (χ4n) is 3.27. The summed E-state index contributed by atoms with van der Waals surface area (Å²) in [5.74, 6) is -2.25. The molecule has 0 saturated carbocycles. The van der Waals surface area contributed by atoms with Gasteiger partial charge in [0, 0.05) is 14.7 Å². The minimum atomic E-state index is -2.40. The summed E-state index contributed by atoms with van der Waals surface area (Å²) in [7, 11) is -1.22. The Hall–Kier alpha value is -0.883. The largest absolute Gasteiger partial charge is 0.454 e. The van der Waals surface area contributed by atoms with Gasteiger partial charge in [0.05, 0.1) is 13.2 Å². The highest BCUT2D eigenvalue weighted by molar-refractivity contribution is 6.76. The summed E-state index contributed by atoms with van der Waals surface area (Å²) in [6, 6.07) is 0.978. The molecule has 1 spiro atoms. The Kier molecular flexibility index (Phi) is 6.52. The van der Waals surface area contributed by atoms with Crippen molar-refractivity contribution < 1.29 is 43.5 Å². The molecule has 2 rings (SSSR count). The standard InChI is InChI=1S/C17H30O9Si/c1-15(2)25-13(9-23-11-22-6-7-27(3,4)5)17(26-15)14(20)24-12(8-18)16(17,21)10-19/h10,12-13,18,21H,6-9,11H2,1-5H3/t12-,13-,16+,17+/m1/s1. The smallest absolute Gasteiger partial charge is 0.345 e. The van der Waals surface area contributed by atoms with Gasteiger partial charge in [0.1, 0.15) is 12.9 Å². The normalized spacial score (nSPS) is 35.6. The van der Waals surface area contributed by atoms with Crippen LogP contribution in [0.25, 0.3) is 0 Å². The third-order valence-electron chi connectivity index (χ3n) is 4.70. The molecular weight excluding hydrogens is 376 g/mol. The zero-order valence-electron chi connectivity index (χ0n) is 16.5. The van der Waals surface area contributed by atoms with Gasteiger partial charge in [-0.1, -0.05) is 19.6 Å². The van der Waals surface area contributed by atoms with Crippen molar-refractivity contribution in [2.24, 2.45) is 0 Å². The van der Waals surface area contributed by atoms with Crippen LogP contribution in [-0.4, -0.2) is 86.4 Å². The van der Waals surface area contributed by atoms with Crippen LogP contribution in [0.4, 0.5) is 0 Å². The van der Waals surface area contributed by atoms with Gasteiger partial charge in [-0.3, -0.25) is 4.79 Å². The van der Waals surface area contributed by atoms with Crippen LogP contribution in [0.15, 0.2) is 0 Å². The van der Waals surface area contributed by atoms with Crippen molar-refractivity contribution in [2.45, 2.75) is 68.7 Å². The zero-order valence-corrected chi connectivity index (χ0v) is 17.5. The van der Waals surface area contributed by atoms with Gasteiger partial charge in [-0.2, -0.15) is 0 Å². The monoisotopic (exact) mass is 406 g/mol. The third kappa shape index (κ3) is 4.26. The average molecular weight is 407 g/mol. The summed E-state index contributed by atoms with van der Waals surface area (Å²) in [5, 5.41) is 20.3. The highest BCUT2D eigenvalue weighted by atomic mass is 28.3. The van der Waals surface area contributed by atoms with Gasteiger partial charge in [0.15, 0.2) is 18.2 Å². The van der Waals surface area contributed by atoms with E-state index >= 15 is 0 Å². The molecule has 2 aliphatic heterocycles. The highest BCUT2D eigenvalue weighted by Crippen LogP contribution is 2.49. The summed E-state index contributed by atoms with van der Waals surface area (Å²) in [6.45, 7) is 9.41. The molecule has 2 aliphatic rings. The van der Waals surface area contributed by atoms with E-state index in [-0.39, 0.29) is 19.7 Å². The molecule has 2 fully saturated rings. The van der Waals surface area contributed by atoms with E-state index in [0.717, 1.165) is 6.04 Å². The fourth-order valence-corrected chi connectivity index (χ4v) is 4.02. The molecule has 0 unspecified atom stereocenters. The number of aliphatic hydroxyl groups excluding tert-OH is 1. The highest BCUT2D eigenvalue weighted by Gasteiger charge is 2.77. The van der Waals surface area contributed by atoms with Crippen LogP contribution < -0.4 is 0 Å². The quantitative estimate of drug-likeness (QED) is 0.180. The molecule has 27 heavy (non-hydrogen) atoms. The van der Waals surface area contributed by atoms with Crippen molar-refractivity contribution in [3.8, 4) is 0 Å². The van der Waals surface area contributed by atoms with Gasteiger partial charge in [-0.05, 0) is 19.9 Å². The van der Waals surface area contributed by atoms with Crippen LogP contribution in [0, 0.1) is 0 Å². The molecule has 10 heteroatoms. The summed E-state index contributed by atoms with van der Waals surface area (Å²) in [4.78, 5) is 24.2. The summed E-state index contributed by atoms with van der Waals surface area (Å²) in [5.41, 5.74) is -4.52. The summed E-state index contributed by atoms with van der Waals surface area (Å²) in [6.07, 6.45) is -2.41. The van der Waals surface area contributed by atoms with Crippen LogP contribution in [0.5, 0.6) is 0 Å². The minimum absolute atomic E-state index is 0.0289. The van der Waals surface area contributed by atoms with Gasteiger partial charge >= 0.3 is 5.97 Å². The topological polar surface area (TPSA) is 121 Å². The van der Waals surface area contributed by atoms with Crippen molar-refractivity contribution in [3.05, 3.63) is 0 Å². The Morgan fingerprint density at radius 1 is 1.22 bits per heavy atom. The molecule has 2 heterocycles. The first-order chi connectivity index (χ1) is 12.4. The Balaban J connectivity index is 2.08. The lowest BCUT2D eigenvalue weighted by atomic mass is 9.78. The van der Waals surface area contributed by atoms with Gasteiger partial charge in [0.2, 0.25) is 11.2 Å². The molecule has 0 bridgehead atoms. The number of rotatable bonds is 9. The van der Waals surface area contributed by atoms with Crippen molar-refractivity contribution in [1.82, 2.24) is 0 Å². The van der Waals surface area contributed by atoms with Crippen molar-refractivity contribution in [3.63, 3.8) is 0 Å². The van der Waals surface area contributed by atoms with Crippen LogP contribution >= 0.6 is 0 Å². The number of cyclic esters (lactones) is 1. The lowest BCUT2D eigenvalue weighted by Gasteiger charge is -2.34. The maximum atomic E-state index is 12.5. The van der Waals surface area contributed by atoms with E-state index in [1.54, 1.807) is 13.8 Å². The van der Waals surface area contributed by atoms with Crippen LogP contribution in [0.2, 0.25) is 25.7 Å². The molecule has 9 nitrogen and oxygen atoms in total. The third-order valence-corrected chi connectivity index (χ3v) is 6.41. The second-order valence-electron chi connectivity index (χ2n) is 8.57.